The lowest BCUT2D eigenvalue weighted by atomic mass is 9.92. The highest BCUT2D eigenvalue weighted by Crippen LogP contribution is 2.36. The van der Waals surface area contributed by atoms with Crippen LogP contribution in [0.4, 0.5) is 0 Å². The van der Waals surface area contributed by atoms with Crippen molar-refractivity contribution >= 4 is 34.2 Å². The second-order valence-electron chi connectivity index (χ2n) is 9.22. The van der Waals surface area contributed by atoms with Crippen LogP contribution in [-0.2, 0) is 6.42 Å². The van der Waals surface area contributed by atoms with Gasteiger partial charge in [-0.3, -0.25) is 4.90 Å². The van der Waals surface area contributed by atoms with E-state index in [4.69, 9.17) is 32.4 Å². The number of hydrogen-bond acceptors (Lipinski definition) is 5. The van der Waals surface area contributed by atoms with Crippen molar-refractivity contribution < 1.29 is 14.3 Å². The summed E-state index contributed by atoms with van der Waals surface area (Å²) in [5, 5.41) is 11.8. The number of phenolic OH excluding ortho intramolecular Hbond substituents is 1. The van der Waals surface area contributed by atoms with E-state index in [-0.39, 0.29) is 5.75 Å². The number of nitrogens with zero attached hydrogens (tertiary/aromatic N) is 1. The molecule has 4 aromatic rings. The number of benzene rings is 3. The number of fused-ring (bicyclic) bond motifs is 1. The topological polar surface area (TPSA) is 62.9 Å². The molecule has 5 nitrogen and oxygen atoms in total. The predicted octanol–water partition coefficient (Wildman–Crippen LogP) is 6.85. The first-order valence-electron chi connectivity index (χ1n) is 12.1. The van der Waals surface area contributed by atoms with Gasteiger partial charge in [-0.1, -0.05) is 41.4 Å². The zero-order valence-corrected chi connectivity index (χ0v) is 21.5. The number of hydrogen-bond donors (Lipinski definition) is 1. The van der Waals surface area contributed by atoms with Crippen LogP contribution in [0.1, 0.15) is 29.5 Å². The molecule has 36 heavy (non-hydrogen) atoms. The maximum absolute atomic E-state index is 13.2. The number of ether oxygens (including phenoxy) is 1. The molecule has 1 aromatic heterocycles. The Labute approximate surface area is 219 Å². The van der Waals surface area contributed by atoms with Crippen LogP contribution in [0.3, 0.4) is 0 Å². The molecule has 1 saturated heterocycles. The molecule has 0 bridgehead atoms. The molecule has 1 fully saturated rings. The fourth-order valence-electron chi connectivity index (χ4n) is 4.76. The fraction of sp³-hybridized carbons (Fsp3) is 0.276. The SMILES string of the molecule is Cc1cc2c(Cc3ccc(OCCN4CCCC4)cc3)c(-c3ccc(Cl)cc3Cl)c(=O)oc2cc1O. The van der Waals surface area contributed by atoms with E-state index in [1.54, 1.807) is 18.2 Å². The highest BCUT2D eigenvalue weighted by Gasteiger charge is 2.20. The van der Waals surface area contributed by atoms with Crippen LogP contribution in [0.5, 0.6) is 11.5 Å². The number of likely N-dealkylation sites (tertiary alicyclic amines) is 1. The van der Waals surface area contributed by atoms with Crippen molar-refractivity contribution in [2.45, 2.75) is 26.2 Å². The molecule has 0 radical (unpaired) electrons. The minimum atomic E-state index is -0.521. The molecule has 186 valence electrons. The highest BCUT2D eigenvalue weighted by atomic mass is 35.5. The van der Waals surface area contributed by atoms with Gasteiger partial charge < -0.3 is 14.3 Å². The number of aryl methyl sites for hydroxylation is 1. The first-order chi connectivity index (χ1) is 17.4. The Hall–Kier alpha value is -2.99. The van der Waals surface area contributed by atoms with E-state index in [1.165, 1.54) is 18.9 Å². The second-order valence-corrected chi connectivity index (χ2v) is 10.1. The van der Waals surface area contributed by atoms with Crippen LogP contribution in [-0.4, -0.2) is 36.2 Å². The summed E-state index contributed by atoms with van der Waals surface area (Å²) in [5.41, 5.74) is 3.22. The number of phenols is 1. The molecule has 2 heterocycles. The molecule has 0 atom stereocenters. The van der Waals surface area contributed by atoms with Crippen LogP contribution in [0, 0.1) is 6.92 Å². The molecule has 3 aromatic carbocycles. The van der Waals surface area contributed by atoms with Crippen molar-refractivity contribution in [2.75, 3.05) is 26.2 Å². The van der Waals surface area contributed by atoms with E-state index < -0.39 is 5.63 Å². The van der Waals surface area contributed by atoms with Gasteiger partial charge in [0.25, 0.3) is 0 Å². The Morgan fingerprint density at radius 1 is 1.03 bits per heavy atom. The largest absolute Gasteiger partial charge is 0.508 e. The Morgan fingerprint density at radius 2 is 1.78 bits per heavy atom. The quantitative estimate of drug-likeness (QED) is 0.268. The summed E-state index contributed by atoms with van der Waals surface area (Å²) >= 11 is 12.6. The summed E-state index contributed by atoms with van der Waals surface area (Å²) in [4.78, 5) is 15.6. The minimum Gasteiger partial charge on any atom is -0.508 e. The van der Waals surface area contributed by atoms with Crippen molar-refractivity contribution in [3.8, 4) is 22.6 Å². The van der Waals surface area contributed by atoms with Crippen LogP contribution >= 0.6 is 23.2 Å². The van der Waals surface area contributed by atoms with E-state index in [1.807, 2.05) is 37.3 Å². The lowest BCUT2D eigenvalue weighted by Gasteiger charge is -2.16. The summed E-state index contributed by atoms with van der Waals surface area (Å²) in [6.07, 6.45) is 3.00. The molecule has 0 unspecified atom stereocenters. The van der Waals surface area contributed by atoms with Crippen molar-refractivity contribution in [3.63, 3.8) is 0 Å². The van der Waals surface area contributed by atoms with E-state index >= 15 is 0 Å². The molecule has 7 heteroatoms. The maximum Gasteiger partial charge on any atom is 0.344 e. The van der Waals surface area contributed by atoms with E-state index in [0.717, 1.165) is 41.9 Å². The first-order valence-corrected chi connectivity index (χ1v) is 12.8. The van der Waals surface area contributed by atoms with Gasteiger partial charge in [0, 0.05) is 28.6 Å². The molecule has 0 spiro atoms. The molecular formula is C29H27Cl2NO4. The van der Waals surface area contributed by atoms with Crippen LogP contribution in [0.2, 0.25) is 10.0 Å². The Bertz CT molecular complexity index is 1460. The molecule has 5 rings (SSSR count). The molecule has 1 aliphatic heterocycles. The van der Waals surface area contributed by atoms with Gasteiger partial charge in [-0.25, -0.2) is 4.79 Å². The summed E-state index contributed by atoms with van der Waals surface area (Å²) in [7, 11) is 0. The molecule has 0 aliphatic carbocycles. The highest BCUT2D eigenvalue weighted by molar-refractivity contribution is 6.36. The number of rotatable bonds is 7. The third-order valence-corrected chi connectivity index (χ3v) is 7.26. The van der Waals surface area contributed by atoms with Crippen molar-refractivity contribution in [2.24, 2.45) is 0 Å². The molecule has 0 amide bonds. The second kappa shape index (κ2) is 10.6. The lowest BCUT2D eigenvalue weighted by Crippen LogP contribution is -2.25. The molecule has 1 N–H and O–H groups in total. The summed E-state index contributed by atoms with van der Waals surface area (Å²) in [5.74, 6) is 0.890. The van der Waals surface area contributed by atoms with Gasteiger partial charge in [0.2, 0.25) is 0 Å². The van der Waals surface area contributed by atoms with Gasteiger partial charge in [-0.2, -0.15) is 0 Å². The van der Waals surface area contributed by atoms with Gasteiger partial charge in [-0.15, -0.1) is 0 Å². The summed E-state index contributed by atoms with van der Waals surface area (Å²) in [6.45, 7) is 5.71. The maximum atomic E-state index is 13.2. The summed E-state index contributed by atoms with van der Waals surface area (Å²) < 4.78 is 11.6. The lowest BCUT2D eigenvalue weighted by molar-refractivity contribution is 0.238. The number of aromatic hydroxyl groups is 1. The van der Waals surface area contributed by atoms with E-state index in [2.05, 4.69) is 4.90 Å². The van der Waals surface area contributed by atoms with E-state index in [0.29, 0.717) is 45.3 Å². The average molecular weight is 524 g/mol. The Balaban J connectivity index is 1.50. The standard InChI is InChI=1S/C29H27Cl2NO4/c1-18-14-23-24(15-19-4-7-21(8-5-19)35-13-12-32-10-2-3-11-32)28(22-9-6-20(30)16-25(22)31)29(34)36-27(23)17-26(18)33/h4-9,14,16-17,33H,2-3,10-13,15H2,1H3. The fourth-order valence-corrected chi connectivity index (χ4v) is 5.26. The van der Waals surface area contributed by atoms with Crippen LogP contribution < -0.4 is 10.4 Å². The molecule has 1 aliphatic rings. The molecule has 0 saturated carbocycles. The number of halogens is 2. The van der Waals surface area contributed by atoms with Gasteiger partial charge in [-0.05, 0) is 86.3 Å². The van der Waals surface area contributed by atoms with Crippen molar-refractivity contribution in [1.29, 1.82) is 0 Å². The minimum absolute atomic E-state index is 0.0734. The first kappa shape index (κ1) is 24.7. The Morgan fingerprint density at radius 3 is 2.50 bits per heavy atom. The van der Waals surface area contributed by atoms with Gasteiger partial charge >= 0.3 is 5.63 Å². The van der Waals surface area contributed by atoms with Gasteiger partial charge in [0.15, 0.2) is 0 Å². The normalized spacial score (nSPS) is 14.0. The van der Waals surface area contributed by atoms with Gasteiger partial charge in [0.05, 0.1) is 10.6 Å². The summed E-state index contributed by atoms with van der Waals surface area (Å²) in [6, 6.07) is 16.3. The third-order valence-electron chi connectivity index (χ3n) is 6.71. The van der Waals surface area contributed by atoms with Gasteiger partial charge in [0.1, 0.15) is 23.7 Å². The van der Waals surface area contributed by atoms with E-state index in [9.17, 15) is 9.90 Å². The van der Waals surface area contributed by atoms with Crippen LogP contribution in [0.15, 0.2) is 63.8 Å². The van der Waals surface area contributed by atoms with Crippen molar-refractivity contribution in [3.05, 3.63) is 91.8 Å². The zero-order chi connectivity index (χ0) is 25.2. The third kappa shape index (κ3) is 5.24. The zero-order valence-electron chi connectivity index (χ0n) is 20.0. The molecular weight excluding hydrogens is 497 g/mol. The smallest absolute Gasteiger partial charge is 0.344 e. The average Bonchev–Trinajstić information content (AvgIpc) is 3.36. The Kier molecular flexibility index (Phi) is 7.24. The van der Waals surface area contributed by atoms with Crippen molar-refractivity contribution in [1.82, 2.24) is 4.90 Å². The monoisotopic (exact) mass is 523 g/mol. The predicted molar refractivity (Wildman–Crippen MR) is 145 cm³/mol. The van der Waals surface area contributed by atoms with Crippen LogP contribution in [0.25, 0.3) is 22.1 Å².